The smallest absolute Gasteiger partial charge is 0.338 e. The van der Waals surface area contributed by atoms with Gasteiger partial charge >= 0.3 is 10.8 Å². The maximum absolute atomic E-state index is 14.0. The molecule has 0 radical (unpaired) electrons. The lowest BCUT2D eigenvalue weighted by Gasteiger charge is -2.31. The lowest BCUT2D eigenvalue weighted by molar-refractivity contribution is -0.136. The Kier molecular flexibility index (Phi) is 7.54. The molecule has 0 bridgehead atoms. The number of imide groups is 1. The number of esters is 1. The van der Waals surface area contributed by atoms with Gasteiger partial charge in [-0.05, 0) is 36.8 Å². The van der Waals surface area contributed by atoms with Gasteiger partial charge in [-0.3, -0.25) is 23.7 Å². The van der Waals surface area contributed by atoms with Crippen molar-refractivity contribution < 1.29 is 28.7 Å². The molecule has 10 nitrogen and oxygen atoms in total. The molecule has 2 fully saturated rings. The Morgan fingerprint density at radius 1 is 0.976 bits per heavy atom. The highest BCUT2D eigenvalue weighted by Gasteiger charge is 2.56. The molecule has 2 unspecified atom stereocenters. The molecule has 212 valence electrons. The highest BCUT2D eigenvalue weighted by molar-refractivity contribution is 8.00. The van der Waals surface area contributed by atoms with Crippen LogP contribution in [-0.4, -0.2) is 71.3 Å². The first-order valence-corrected chi connectivity index (χ1v) is 15.0. The molecule has 4 heterocycles. The molecule has 2 aromatic carbocycles. The largest absolute Gasteiger partial charge is 0.462 e. The molecule has 3 aliphatic rings. The van der Waals surface area contributed by atoms with Gasteiger partial charge in [0.2, 0.25) is 17.7 Å². The van der Waals surface area contributed by atoms with Gasteiger partial charge in [0.25, 0.3) is 0 Å². The van der Waals surface area contributed by atoms with Crippen molar-refractivity contribution in [2.75, 3.05) is 37.8 Å². The van der Waals surface area contributed by atoms with E-state index in [-0.39, 0.29) is 29.8 Å². The van der Waals surface area contributed by atoms with Gasteiger partial charge in [0, 0.05) is 23.9 Å². The summed E-state index contributed by atoms with van der Waals surface area (Å²) in [6, 6.07) is 15.6. The van der Waals surface area contributed by atoms with Crippen LogP contribution < -0.4 is 9.77 Å². The predicted molar refractivity (Wildman–Crippen MR) is 152 cm³/mol. The second-order valence-electron chi connectivity index (χ2n) is 9.85. The van der Waals surface area contributed by atoms with E-state index in [2.05, 4.69) is 0 Å². The van der Waals surface area contributed by atoms with Crippen LogP contribution in [0.2, 0.25) is 0 Å². The molecule has 0 aliphatic carbocycles. The zero-order valence-electron chi connectivity index (χ0n) is 22.2. The summed E-state index contributed by atoms with van der Waals surface area (Å²) in [5.74, 6) is -2.71. The Hall–Kier alpha value is -3.74. The number of thioether (sulfide) groups is 1. The van der Waals surface area contributed by atoms with Crippen LogP contribution in [0.25, 0.3) is 0 Å². The van der Waals surface area contributed by atoms with Crippen LogP contribution >= 0.6 is 23.1 Å². The third-order valence-corrected chi connectivity index (χ3v) is 10.1. The molecule has 0 spiro atoms. The molecule has 0 N–H and O–H groups in total. The maximum Gasteiger partial charge on any atom is 0.338 e. The van der Waals surface area contributed by atoms with E-state index in [9.17, 15) is 24.0 Å². The van der Waals surface area contributed by atoms with E-state index < -0.39 is 29.0 Å². The second kappa shape index (κ2) is 11.3. The fourth-order valence-electron chi connectivity index (χ4n) is 5.54. The van der Waals surface area contributed by atoms with Crippen LogP contribution in [0.5, 0.6) is 0 Å². The minimum atomic E-state index is -0.788. The zero-order valence-corrected chi connectivity index (χ0v) is 23.8. The van der Waals surface area contributed by atoms with Crippen molar-refractivity contribution in [2.24, 2.45) is 5.92 Å². The van der Waals surface area contributed by atoms with E-state index in [0.717, 1.165) is 16.9 Å². The number of morpholine rings is 1. The van der Waals surface area contributed by atoms with Crippen molar-refractivity contribution in [3.05, 3.63) is 80.3 Å². The number of hydrogen-bond donors (Lipinski definition) is 0. The Balaban J connectivity index is 1.37. The molecular weight excluding hydrogens is 566 g/mol. The first kappa shape index (κ1) is 27.4. The van der Waals surface area contributed by atoms with Gasteiger partial charge in [0.1, 0.15) is 11.8 Å². The van der Waals surface area contributed by atoms with Gasteiger partial charge in [0.05, 0.1) is 42.0 Å². The number of aromatic nitrogens is 1. The number of thiazole rings is 1. The van der Waals surface area contributed by atoms with Crippen molar-refractivity contribution in [3.63, 3.8) is 0 Å². The first-order chi connectivity index (χ1) is 19.9. The number of fused-ring (bicyclic) bond motifs is 2. The standard InChI is InChI=1S/C29H27N3O7S2/c1-2-39-28(36)18-8-10-19(11-9-18)32-25(34)22-21(17-6-4-3-5-7-17)24-27(40-23(22)26(32)35)31(29(37)41-24)16-20(33)30-12-14-38-15-13-30/h3-11,21-23H,2,12-16H2,1H3/t21-,22?,23?/m0/s1. The number of carbonyl (C=O) groups excluding carboxylic acids is 4. The number of amides is 3. The fraction of sp³-hybridized carbons (Fsp3) is 0.345. The molecule has 6 rings (SSSR count). The number of nitrogens with zero attached hydrogens (tertiary/aromatic N) is 3. The number of carbonyl (C=O) groups is 4. The summed E-state index contributed by atoms with van der Waals surface area (Å²) in [6.45, 7) is 3.63. The van der Waals surface area contributed by atoms with Crippen LogP contribution in [0.4, 0.5) is 5.69 Å². The minimum absolute atomic E-state index is 0.141. The first-order valence-electron chi connectivity index (χ1n) is 13.3. The van der Waals surface area contributed by atoms with Gasteiger partial charge in [-0.1, -0.05) is 53.4 Å². The van der Waals surface area contributed by atoms with E-state index in [4.69, 9.17) is 9.47 Å². The van der Waals surface area contributed by atoms with Crippen LogP contribution in [0.15, 0.2) is 64.4 Å². The van der Waals surface area contributed by atoms with E-state index in [1.807, 2.05) is 30.3 Å². The molecular formula is C29H27N3O7S2. The topological polar surface area (TPSA) is 115 Å². The Bertz CT molecular complexity index is 1560. The third-order valence-electron chi connectivity index (χ3n) is 7.50. The fourth-order valence-corrected chi connectivity index (χ4v) is 8.31. The van der Waals surface area contributed by atoms with Crippen molar-refractivity contribution in [2.45, 2.75) is 29.7 Å². The van der Waals surface area contributed by atoms with Crippen LogP contribution in [0, 0.1) is 5.92 Å². The maximum atomic E-state index is 14.0. The van der Waals surface area contributed by atoms with Crippen LogP contribution in [0.1, 0.15) is 33.6 Å². The highest BCUT2D eigenvalue weighted by Crippen LogP contribution is 2.53. The SMILES string of the molecule is CCOC(=O)c1ccc(N2C(=O)C3Sc4c(sc(=O)n4CC(=O)N4CCOCC4)[C@@H](c4ccccc4)C3C2=O)cc1. The summed E-state index contributed by atoms with van der Waals surface area (Å²) < 4.78 is 11.8. The lowest BCUT2D eigenvalue weighted by atomic mass is 9.83. The molecule has 3 aliphatic heterocycles. The van der Waals surface area contributed by atoms with Gasteiger partial charge in [-0.25, -0.2) is 9.69 Å². The summed E-state index contributed by atoms with van der Waals surface area (Å²) in [4.78, 5) is 69.6. The molecule has 1 aromatic heterocycles. The molecule has 3 aromatic rings. The summed E-state index contributed by atoms with van der Waals surface area (Å²) >= 11 is 2.20. The number of hydrogen-bond acceptors (Lipinski definition) is 9. The number of anilines is 1. The summed E-state index contributed by atoms with van der Waals surface area (Å²) in [7, 11) is 0. The number of rotatable bonds is 6. The van der Waals surface area contributed by atoms with E-state index >= 15 is 0 Å². The van der Waals surface area contributed by atoms with Gasteiger partial charge in [-0.15, -0.1) is 0 Å². The van der Waals surface area contributed by atoms with Crippen LogP contribution in [0.3, 0.4) is 0 Å². The number of benzene rings is 2. The Labute approximate surface area is 243 Å². The van der Waals surface area contributed by atoms with E-state index in [1.54, 1.807) is 24.0 Å². The van der Waals surface area contributed by atoms with Crippen molar-refractivity contribution in [3.8, 4) is 0 Å². The second-order valence-corrected chi connectivity index (χ2v) is 12.0. The molecule has 41 heavy (non-hydrogen) atoms. The average molecular weight is 594 g/mol. The van der Waals surface area contributed by atoms with Crippen molar-refractivity contribution >= 4 is 52.5 Å². The molecule has 2 saturated heterocycles. The average Bonchev–Trinajstić information content (AvgIpc) is 3.44. The predicted octanol–water partition coefficient (Wildman–Crippen LogP) is 2.74. The quantitative estimate of drug-likeness (QED) is 0.317. The van der Waals surface area contributed by atoms with Crippen LogP contribution in [-0.2, 0) is 30.4 Å². The molecule has 3 amide bonds. The molecule has 3 atom stereocenters. The monoisotopic (exact) mass is 593 g/mol. The number of ether oxygens (including phenoxy) is 2. The summed E-state index contributed by atoms with van der Waals surface area (Å²) in [6.07, 6.45) is 0. The summed E-state index contributed by atoms with van der Waals surface area (Å²) in [5.41, 5.74) is 1.50. The van der Waals surface area contributed by atoms with E-state index in [0.29, 0.717) is 47.5 Å². The van der Waals surface area contributed by atoms with Gasteiger partial charge in [-0.2, -0.15) is 0 Å². The lowest BCUT2D eigenvalue weighted by Crippen LogP contribution is -2.43. The molecule has 0 saturated carbocycles. The zero-order chi connectivity index (χ0) is 28.7. The Morgan fingerprint density at radius 3 is 2.37 bits per heavy atom. The van der Waals surface area contributed by atoms with Crippen molar-refractivity contribution in [1.82, 2.24) is 9.47 Å². The molecule has 12 heteroatoms. The normalized spacial score (nSPS) is 21.9. The van der Waals surface area contributed by atoms with Gasteiger partial charge < -0.3 is 14.4 Å². The van der Waals surface area contributed by atoms with Crippen molar-refractivity contribution in [1.29, 1.82) is 0 Å². The highest BCUT2D eigenvalue weighted by atomic mass is 32.2. The van der Waals surface area contributed by atoms with Gasteiger partial charge in [0.15, 0.2) is 0 Å². The Morgan fingerprint density at radius 2 is 1.68 bits per heavy atom. The summed E-state index contributed by atoms with van der Waals surface area (Å²) in [5, 5.41) is -0.235. The third kappa shape index (κ3) is 4.89. The minimum Gasteiger partial charge on any atom is -0.462 e. The van der Waals surface area contributed by atoms with E-state index in [1.165, 1.54) is 33.4 Å².